The third-order valence-corrected chi connectivity index (χ3v) is 12.5. The van der Waals surface area contributed by atoms with Crippen molar-refractivity contribution < 1.29 is 9.31 Å². The summed E-state index contributed by atoms with van der Waals surface area (Å²) in [5.41, 5.74) is 16.2. The second kappa shape index (κ2) is 11.3. The lowest BCUT2D eigenvalue weighted by Gasteiger charge is -2.32. The predicted octanol–water partition coefficient (Wildman–Crippen LogP) is 11.7. The first-order valence-electron chi connectivity index (χ1n) is 18.6. The molecule has 0 amide bonds. The van der Waals surface area contributed by atoms with E-state index in [9.17, 15) is 0 Å². The third kappa shape index (κ3) is 4.81. The van der Waals surface area contributed by atoms with Crippen LogP contribution in [0, 0.1) is 0 Å². The van der Waals surface area contributed by atoms with Gasteiger partial charge in [-0.05, 0) is 125 Å². The molecule has 4 heteroatoms. The average Bonchev–Trinajstić information content (AvgIpc) is 3.61. The molecule has 2 aliphatic carbocycles. The largest absolute Gasteiger partial charge is 0.495 e. The van der Waals surface area contributed by atoms with Crippen molar-refractivity contribution in [1.29, 1.82) is 0 Å². The highest BCUT2D eigenvalue weighted by Crippen LogP contribution is 2.53. The van der Waals surface area contributed by atoms with Gasteiger partial charge < -0.3 is 14.2 Å². The lowest BCUT2D eigenvalue weighted by molar-refractivity contribution is 0.00578. The molecule has 0 aromatic heterocycles. The number of benzene rings is 6. The second-order valence-electron chi connectivity index (χ2n) is 16.9. The van der Waals surface area contributed by atoms with Gasteiger partial charge in [-0.15, -0.1) is 0 Å². The summed E-state index contributed by atoms with van der Waals surface area (Å²) in [6.45, 7) is 17.9. The van der Waals surface area contributed by atoms with Crippen molar-refractivity contribution in [1.82, 2.24) is 0 Å². The van der Waals surface area contributed by atoms with Crippen LogP contribution in [0.2, 0.25) is 0 Å². The number of hydrogen-bond acceptors (Lipinski definition) is 3. The van der Waals surface area contributed by atoms with E-state index in [0.717, 1.165) is 22.5 Å². The van der Waals surface area contributed by atoms with E-state index in [4.69, 9.17) is 9.31 Å². The number of nitrogens with zero attached hydrogens (tertiary/aromatic N) is 1. The summed E-state index contributed by atoms with van der Waals surface area (Å²) < 4.78 is 13.4. The van der Waals surface area contributed by atoms with Gasteiger partial charge >= 0.3 is 7.12 Å². The summed E-state index contributed by atoms with van der Waals surface area (Å²) in [4.78, 5) is 2.43. The van der Waals surface area contributed by atoms with Gasteiger partial charge in [0.2, 0.25) is 0 Å². The highest BCUT2D eigenvalue weighted by atomic mass is 16.7. The fourth-order valence-electron chi connectivity index (χ4n) is 8.84. The molecule has 3 nitrogen and oxygen atoms in total. The molecular weight excluding hydrogens is 633 g/mol. The summed E-state index contributed by atoms with van der Waals surface area (Å²) >= 11 is 0. The maximum atomic E-state index is 6.68. The molecule has 0 saturated carbocycles. The molecule has 1 aliphatic heterocycles. The quantitative estimate of drug-likeness (QED) is 0.169. The zero-order valence-corrected chi connectivity index (χ0v) is 31.5. The van der Waals surface area contributed by atoms with Gasteiger partial charge in [-0.1, -0.05) is 125 Å². The van der Waals surface area contributed by atoms with Crippen molar-refractivity contribution in [3.8, 4) is 33.4 Å². The van der Waals surface area contributed by atoms with Crippen LogP contribution >= 0.6 is 0 Å². The summed E-state index contributed by atoms with van der Waals surface area (Å²) in [6.07, 6.45) is 0. The SMILES string of the molecule is CC1(C)c2ccccc2-c2ccc(N(c3ccc(-c4ccccc4)cc3)c3ccc4c(c3)-c3c(B5OC(C)(C)C(C)(C)O5)cccc3C4(C)C)cc21. The first kappa shape index (κ1) is 33.0. The minimum atomic E-state index is -0.451. The Labute approximate surface area is 309 Å². The van der Waals surface area contributed by atoms with Crippen LogP contribution in [-0.2, 0) is 20.1 Å². The van der Waals surface area contributed by atoms with Crippen molar-refractivity contribution in [2.45, 2.75) is 77.4 Å². The summed E-state index contributed by atoms with van der Waals surface area (Å²) in [5, 5.41) is 0. The number of anilines is 3. The van der Waals surface area contributed by atoms with Gasteiger partial charge in [-0.3, -0.25) is 0 Å². The molecule has 0 atom stereocenters. The van der Waals surface area contributed by atoms with Gasteiger partial charge in [0.1, 0.15) is 0 Å². The summed E-state index contributed by atoms with van der Waals surface area (Å²) in [5.74, 6) is 0. The molecule has 3 aliphatic rings. The van der Waals surface area contributed by atoms with E-state index in [2.05, 4.69) is 194 Å². The van der Waals surface area contributed by atoms with Crippen LogP contribution in [0.1, 0.15) is 77.6 Å². The van der Waals surface area contributed by atoms with Crippen molar-refractivity contribution >= 4 is 29.6 Å². The topological polar surface area (TPSA) is 21.7 Å². The van der Waals surface area contributed by atoms with Gasteiger partial charge in [0.05, 0.1) is 11.2 Å². The van der Waals surface area contributed by atoms with Gasteiger partial charge in [0.15, 0.2) is 0 Å². The Bertz CT molecular complexity index is 2360. The molecule has 0 unspecified atom stereocenters. The first-order valence-corrected chi connectivity index (χ1v) is 18.6. The Morgan fingerprint density at radius 1 is 0.423 bits per heavy atom. The standard InChI is InChI=1S/C48H46BNO2/c1-45(2)40-28-26-34(29-38(40)44-41(45)19-14-20-43(44)49-51-47(5,6)48(7,8)52-49)50(33-23-21-32(22-24-33)31-15-10-9-11-16-31)35-25-27-37-36-17-12-13-18-39(36)46(3,4)42(37)30-35/h9-30H,1-8H3. The first-order chi connectivity index (χ1) is 24.8. The molecule has 0 bridgehead atoms. The van der Waals surface area contributed by atoms with Crippen LogP contribution in [0.3, 0.4) is 0 Å². The van der Waals surface area contributed by atoms with Crippen molar-refractivity contribution in [2.75, 3.05) is 4.90 Å². The van der Waals surface area contributed by atoms with E-state index in [1.807, 2.05) is 0 Å². The average molecular weight is 680 g/mol. The molecule has 6 aromatic carbocycles. The number of rotatable bonds is 5. The minimum absolute atomic E-state index is 0.108. The van der Waals surface area contributed by atoms with Crippen molar-refractivity contribution in [3.05, 3.63) is 156 Å². The Hall–Kier alpha value is -4.90. The van der Waals surface area contributed by atoms with E-state index >= 15 is 0 Å². The highest BCUT2D eigenvalue weighted by Gasteiger charge is 2.53. The maximum absolute atomic E-state index is 6.68. The summed E-state index contributed by atoms with van der Waals surface area (Å²) in [6, 6.07) is 49.2. The van der Waals surface area contributed by atoms with E-state index in [1.165, 1.54) is 55.6 Å². The van der Waals surface area contributed by atoms with Crippen LogP contribution in [0.5, 0.6) is 0 Å². The van der Waals surface area contributed by atoms with Crippen molar-refractivity contribution in [2.24, 2.45) is 0 Å². The fourth-order valence-corrected chi connectivity index (χ4v) is 8.84. The second-order valence-corrected chi connectivity index (χ2v) is 16.9. The lowest BCUT2D eigenvalue weighted by atomic mass is 9.73. The van der Waals surface area contributed by atoms with Gasteiger partial charge in [-0.2, -0.15) is 0 Å². The van der Waals surface area contributed by atoms with Gasteiger partial charge in [0, 0.05) is 27.9 Å². The van der Waals surface area contributed by atoms with E-state index in [0.29, 0.717) is 0 Å². The number of hydrogen-bond donors (Lipinski definition) is 0. The van der Waals surface area contributed by atoms with Crippen LogP contribution in [0.25, 0.3) is 33.4 Å². The Balaban J connectivity index is 1.22. The Kier molecular flexibility index (Phi) is 7.17. The molecule has 258 valence electrons. The molecule has 0 spiro atoms. The van der Waals surface area contributed by atoms with E-state index in [-0.39, 0.29) is 10.8 Å². The zero-order chi connectivity index (χ0) is 36.2. The molecule has 1 heterocycles. The molecule has 9 rings (SSSR count). The lowest BCUT2D eigenvalue weighted by Crippen LogP contribution is -2.41. The molecule has 0 radical (unpaired) electrons. The smallest absolute Gasteiger partial charge is 0.399 e. The predicted molar refractivity (Wildman–Crippen MR) is 217 cm³/mol. The Morgan fingerprint density at radius 2 is 0.962 bits per heavy atom. The molecule has 0 N–H and O–H groups in total. The van der Waals surface area contributed by atoms with Crippen LogP contribution < -0.4 is 10.4 Å². The maximum Gasteiger partial charge on any atom is 0.495 e. The van der Waals surface area contributed by atoms with Crippen LogP contribution in [0.15, 0.2) is 133 Å². The minimum Gasteiger partial charge on any atom is -0.399 e. The van der Waals surface area contributed by atoms with Gasteiger partial charge in [-0.25, -0.2) is 0 Å². The monoisotopic (exact) mass is 679 g/mol. The number of fused-ring (bicyclic) bond motifs is 6. The highest BCUT2D eigenvalue weighted by molar-refractivity contribution is 6.64. The van der Waals surface area contributed by atoms with Crippen LogP contribution in [-0.4, -0.2) is 18.3 Å². The normalized spacial score (nSPS) is 18.0. The fraction of sp³-hybridized carbons (Fsp3) is 0.250. The van der Waals surface area contributed by atoms with Crippen molar-refractivity contribution in [3.63, 3.8) is 0 Å². The molecule has 52 heavy (non-hydrogen) atoms. The molecule has 6 aromatic rings. The molecule has 1 saturated heterocycles. The third-order valence-electron chi connectivity index (χ3n) is 12.5. The van der Waals surface area contributed by atoms with Crippen LogP contribution in [0.4, 0.5) is 17.1 Å². The van der Waals surface area contributed by atoms with E-state index < -0.39 is 18.3 Å². The zero-order valence-electron chi connectivity index (χ0n) is 31.5. The summed E-state index contributed by atoms with van der Waals surface area (Å²) in [7, 11) is -0.451. The van der Waals surface area contributed by atoms with E-state index in [1.54, 1.807) is 0 Å². The van der Waals surface area contributed by atoms with Gasteiger partial charge in [0.25, 0.3) is 0 Å². The Morgan fingerprint density at radius 3 is 1.69 bits per heavy atom. The molecular formula is C48H46BNO2. The molecule has 1 fully saturated rings.